The summed E-state index contributed by atoms with van der Waals surface area (Å²) < 4.78 is 49.1. The average Bonchev–Trinajstić information content (AvgIpc) is 3.03. The number of hydrogen-bond acceptors (Lipinski definition) is 5. The van der Waals surface area contributed by atoms with Crippen LogP contribution < -0.4 is 14.4 Å². The van der Waals surface area contributed by atoms with E-state index in [-0.39, 0.29) is 35.9 Å². The number of benzene rings is 4. The molecule has 10 heteroatoms. The van der Waals surface area contributed by atoms with Crippen molar-refractivity contribution in [3.63, 3.8) is 0 Å². The molecule has 0 aliphatic heterocycles. The van der Waals surface area contributed by atoms with E-state index < -0.39 is 45.8 Å². The van der Waals surface area contributed by atoms with Crippen molar-refractivity contribution < 1.29 is 27.1 Å². The molecule has 1 N–H and O–H groups in total. The van der Waals surface area contributed by atoms with E-state index in [0.717, 1.165) is 9.87 Å². The number of carbonyl (C=O) groups excluding carboxylic acids is 2. The van der Waals surface area contributed by atoms with Gasteiger partial charge >= 0.3 is 0 Å². The van der Waals surface area contributed by atoms with Crippen molar-refractivity contribution in [1.29, 1.82) is 0 Å². The number of anilines is 1. The third-order valence-corrected chi connectivity index (χ3v) is 8.85. The second-order valence-electron chi connectivity index (χ2n) is 11.8. The number of nitrogens with zero attached hydrogens (tertiary/aromatic N) is 2. The Morgan fingerprint density at radius 1 is 0.826 bits per heavy atom. The molecule has 0 radical (unpaired) electrons. The molecule has 0 bridgehead atoms. The maximum absolute atomic E-state index is 14.6. The van der Waals surface area contributed by atoms with Gasteiger partial charge in [0, 0.05) is 18.5 Å². The van der Waals surface area contributed by atoms with Crippen LogP contribution in [-0.4, -0.2) is 49.9 Å². The van der Waals surface area contributed by atoms with Gasteiger partial charge in [0.05, 0.1) is 17.2 Å². The number of carbonyl (C=O) groups is 2. The quantitative estimate of drug-likeness (QED) is 0.193. The number of halogens is 1. The Bertz CT molecular complexity index is 1710. The van der Waals surface area contributed by atoms with Gasteiger partial charge in [-0.25, -0.2) is 12.8 Å². The minimum atomic E-state index is -4.28. The summed E-state index contributed by atoms with van der Waals surface area (Å²) in [7, 11) is -4.28. The largest absolute Gasteiger partial charge is 0.492 e. The summed E-state index contributed by atoms with van der Waals surface area (Å²) in [5.74, 6) is -1.19. The van der Waals surface area contributed by atoms with Crippen molar-refractivity contribution in [2.24, 2.45) is 0 Å². The predicted octanol–water partition coefficient (Wildman–Crippen LogP) is 5.97. The number of ether oxygens (including phenoxy) is 1. The van der Waals surface area contributed by atoms with E-state index in [1.54, 1.807) is 61.5 Å². The maximum Gasteiger partial charge on any atom is 0.264 e. The Balaban J connectivity index is 1.84. The third-order valence-electron chi connectivity index (χ3n) is 7.08. The van der Waals surface area contributed by atoms with Gasteiger partial charge < -0.3 is 15.0 Å². The lowest BCUT2D eigenvalue weighted by atomic mass is 10.0. The molecule has 1 atom stereocenters. The SMILES string of the molecule is CCOc1ccccc1N(CC(=O)N(Cc1ccc(F)cc1)[C@@H](Cc1ccccc1)C(=O)NC(C)(C)C)S(=O)(=O)c1ccccc1. The first kappa shape index (κ1) is 34.2. The van der Waals surface area contributed by atoms with Gasteiger partial charge in [0.2, 0.25) is 11.8 Å². The van der Waals surface area contributed by atoms with Crippen molar-refractivity contribution in [3.05, 3.63) is 126 Å². The molecule has 4 aromatic carbocycles. The van der Waals surface area contributed by atoms with Gasteiger partial charge in [0.1, 0.15) is 24.2 Å². The molecule has 0 aliphatic carbocycles. The minimum Gasteiger partial charge on any atom is -0.492 e. The Morgan fingerprint density at radius 3 is 2.02 bits per heavy atom. The third kappa shape index (κ3) is 8.94. The Labute approximate surface area is 270 Å². The minimum absolute atomic E-state index is 0.00880. The van der Waals surface area contributed by atoms with E-state index in [2.05, 4.69) is 5.32 Å². The molecule has 0 heterocycles. The molecule has 242 valence electrons. The monoisotopic (exact) mass is 645 g/mol. The van der Waals surface area contributed by atoms with E-state index in [0.29, 0.717) is 5.56 Å². The summed E-state index contributed by atoms with van der Waals surface area (Å²) in [5.41, 5.74) is 0.949. The van der Waals surface area contributed by atoms with Crippen LogP contribution in [0.4, 0.5) is 10.1 Å². The van der Waals surface area contributed by atoms with Crippen molar-refractivity contribution in [1.82, 2.24) is 10.2 Å². The number of nitrogens with one attached hydrogen (secondary N) is 1. The van der Waals surface area contributed by atoms with E-state index in [4.69, 9.17) is 4.74 Å². The van der Waals surface area contributed by atoms with Gasteiger partial charge in [-0.05, 0) is 75.2 Å². The molecular formula is C36H40FN3O5S. The molecule has 0 fully saturated rings. The topological polar surface area (TPSA) is 96.0 Å². The molecule has 0 spiro atoms. The second-order valence-corrected chi connectivity index (χ2v) is 13.7. The van der Waals surface area contributed by atoms with Gasteiger partial charge in [-0.1, -0.05) is 72.8 Å². The molecule has 0 aliphatic rings. The Kier molecular flexibility index (Phi) is 11.2. The van der Waals surface area contributed by atoms with E-state index in [9.17, 15) is 22.4 Å². The van der Waals surface area contributed by atoms with Crippen molar-refractivity contribution >= 4 is 27.5 Å². The van der Waals surface area contributed by atoms with Crippen LogP contribution in [-0.2, 0) is 32.6 Å². The Hall–Kier alpha value is -4.70. The zero-order valence-corrected chi connectivity index (χ0v) is 27.3. The average molecular weight is 646 g/mol. The summed E-state index contributed by atoms with van der Waals surface area (Å²) in [6.07, 6.45) is 0.163. The summed E-state index contributed by atoms with van der Waals surface area (Å²) in [4.78, 5) is 29.9. The molecule has 2 amide bonds. The van der Waals surface area contributed by atoms with Crippen LogP contribution in [0, 0.1) is 5.82 Å². The lowest BCUT2D eigenvalue weighted by Crippen LogP contribution is -2.56. The van der Waals surface area contributed by atoms with E-state index in [1.165, 1.54) is 29.2 Å². The summed E-state index contributed by atoms with van der Waals surface area (Å²) in [6, 6.07) is 28.3. The molecule has 0 saturated carbocycles. The van der Waals surface area contributed by atoms with Gasteiger partial charge in [-0.3, -0.25) is 13.9 Å². The van der Waals surface area contributed by atoms with Gasteiger partial charge in [-0.2, -0.15) is 0 Å². The smallest absolute Gasteiger partial charge is 0.264 e. The zero-order valence-electron chi connectivity index (χ0n) is 26.5. The first-order chi connectivity index (χ1) is 21.9. The predicted molar refractivity (Wildman–Crippen MR) is 177 cm³/mol. The lowest BCUT2D eigenvalue weighted by Gasteiger charge is -2.35. The standard InChI is InChI=1S/C36H40FN3O5S/c1-5-45-33-19-13-12-18-31(33)40(46(43,44)30-16-10-7-11-17-30)26-34(41)39(25-28-20-22-29(37)23-21-28)32(35(42)38-36(2,3)4)24-27-14-8-6-9-15-27/h6-23,32H,5,24-26H2,1-4H3,(H,38,42)/t32-/m0/s1. The first-order valence-electron chi connectivity index (χ1n) is 15.1. The lowest BCUT2D eigenvalue weighted by molar-refractivity contribution is -0.140. The van der Waals surface area contributed by atoms with E-state index >= 15 is 0 Å². The van der Waals surface area contributed by atoms with Crippen LogP contribution in [0.5, 0.6) is 5.75 Å². The number of hydrogen-bond donors (Lipinski definition) is 1. The van der Waals surface area contributed by atoms with Crippen LogP contribution in [0.2, 0.25) is 0 Å². The maximum atomic E-state index is 14.6. The number of rotatable bonds is 13. The summed E-state index contributed by atoms with van der Waals surface area (Å²) in [5, 5.41) is 2.99. The van der Waals surface area contributed by atoms with Gasteiger partial charge in [0.15, 0.2) is 0 Å². The van der Waals surface area contributed by atoms with Crippen LogP contribution in [0.3, 0.4) is 0 Å². The van der Waals surface area contributed by atoms with Crippen molar-refractivity contribution in [2.75, 3.05) is 17.5 Å². The van der Waals surface area contributed by atoms with Crippen LogP contribution in [0.25, 0.3) is 0 Å². The molecule has 0 unspecified atom stereocenters. The highest BCUT2D eigenvalue weighted by atomic mass is 32.2. The van der Waals surface area contributed by atoms with Crippen LogP contribution >= 0.6 is 0 Å². The number of para-hydroxylation sites is 2. The summed E-state index contributed by atoms with van der Waals surface area (Å²) in [6.45, 7) is 6.88. The second kappa shape index (κ2) is 15.1. The molecule has 4 aromatic rings. The summed E-state index contributed by atoms with van der Waals surface area (Å²) >= 11 is 0. The molecule has 8 nitrogen and oxygen atoms in total. The number of sulfonamides is 1. The first-order valence-corrected chi connectivity index (χ1v) is 16.5. The molecule has 0 aromatic heterocycles. The Morgan fingerprint density at radius 2 is 1.41 bits per heavy atom. The fourth-order valence-electron chi connectivity index (χ4n) is 4.97. The highest BCUT2D eigenvalue weighted by Crippen LogP contribution is 2.33. The number of amides is 2. The van der Waals surface area contributed by atoms with Crippen molar-refractivity contribution in [2.45, 2.75) is 57.1 Å². The fourth-order valence-corrected chi connectivity index (χ4v) is 6.41. The molecular weight excluding hydrogens is 605 g/mol. The molecule has 0 saturated heterocycles. The highest BCUT2D eigenvalue weighted by molar-refractivity contribution is 7.92. The molecule has 4 rings (SSSR count). The van der Waals surface area contributed by atoms with E-state index in [1.807, 2.05) is 51.1 Å². The van der Waals surface area contributed by atoms with Crippen molar-refractivity contribution in [3.8, 4) is 5.75 Å². The van der Waals surface area contributed by atoms with Crippen LogP contribution in [0.15, 0.2) is 114 Å². The highest BCUT2D eigenvalue weighted by Gasteiger charge is 2.36. The van der Waals surface area contributed by atoms with Gasteiger partial charge in [0.25, 0.3) is 10.0 Å². The van der Waals surface area contributed by atoms with Gasteiger partial charge in [-0.15, -0.1) is 0 Å². The zero-order chi connectivity index (χ0) is 33.3. The normalized spacial score (nSPS) is 12.2. The molecule has 46 heavy (non-hydrogen) atoms. The van der Waals surface area contributed by atoms with Crippen LogP contribution in [0.1, 0.15) is 38.8 Å². The fraction of sp³-hybridized carbons (Fsp3) is 0.278.